The third kappa shape index (κ3) is 9.91. The minimum Gasteiger partial charge on any atom is -0.309 e. The monoisotopic (exact) mass is 1310 g/mol. The Kier molecular flexibility index (Phi) is 13.9. The second-order valence-corrected chi connectivity index (χ2v) is 28.5. The van der Waals surface area contributed by atoms with E-state index in [4.69, 9.17) is 0 Å². The van der Waals surface area contributed by atoms with E-state index in [0.717, 1.165) is 33.4 Å². The number of fused-ring (bicyclic) bond motifs is 11. The standard InChI is InChI=1S/C98H59NS2/c1-9-27-62(28-10-1)72-53-80(66-35-17-5-18-36-66)95-87(57-72)89-59-74(64-31-13-3-14-32-64)55-82(97(89)100-95)70-45-49-91-84(51-70)85-52-71(46-50-92(85)99(91)76-47-48-79-86(61-76)94(69-41-23-8-24-42-69)78-44-26-25-43-77(78)93(79)68-39-21-7-22-40-68)83-56-75(65-33-15-4-16-34-65)60-90-88-58-73(63-29-11-2-12-30-63)54-81(96(88)101-98(83)90)67-37-19-6-20-38-67/h1-3,5-15,17-61H. The minimum atomic E-state index is 1.10. The van der Waals surface area contributed by atoms with Crippen LogP contribution >= 0.6 is 22.7 Å². The van der Waals surface area contributed by atoms with E-state index in [1.54, 1.807) is 0 Å². The van der Waals surface area contributed by atoms with Gasteiger partial charge in [-0.1, -0.05) is 267 Å². The second-order valence-electron chi connectivity index (χ2n) is 26.4. The molecule has 0 aliphatic carbocycles. The van der Waals surface area contributed by atoms with Crippen molar-refractivity contribution >= 4 is 106 Å². The largest absolute Gasteiger partial charge is 0.309 e. The van der Waals surface area contributed by atoms with Crippen molar-refractivity contribution in [2.24, 2.45) is 0 Å². The van der Waals surface area contributed by atoms with Crippen molar-refractivity contribution in [2.45, 2.75) is 0 Å². The first kappa shape index (κ1) is 58.5. The predicted octanol–water partition coefficient (Wildman–Crippen LogP) is 28.1. The molecule has 20 rings (SSSR count). The summed E-state index contributed by atoms with van der Waals surface area (Å²) in [4.78, 5) is 0. The van der Waals surface area contributed by atoms with Crippen molar-refractivity contribution in [3.63, 3.8) is 0 Å². The fraction of sp³-hybridized carbons (Fsp3) is 0. The number of benzene rings is 16. The van der Waals surface area contributed by atoms with Crippen LogP contribution < -0.4 is 0 Å². The summed E-state index contributed by atoms with van der Waals surface area (Å²) in [5, 5.41) is 12.2. The average Bonchev–Trinajstić information content (AvgIpc) is 1.34. The van der Waals surface area contributed by atoms with Crippen LogP contribution in [0.3, 0.4) is 0 Å². The molecule has 0 amide bonds. The zero-order chi connectivity index (χ0) is 66.5. The van der Waals surface area contributed by atoms with Gasteiger partial charge in [0.25, 0.3) is 0 Å². The molecule has 468 valence electrons. The normalized spacial score (nSPS) is 11.7. The van der Waals surface area contributed by atoms with Crippen molar-refractivity contribution in [1.82, 2.24) is 4.57 Å². The van der Waals surface area contributed by atoms with E-state index in [1.165, 1.54) is 167 Å². The Bertz CT molecular complexity index is 6310. The van der Waals surface area contributed by atoms with Gasteiger partial charge in [0.05, 0.1) is 11.0 Å². The Labute approximate surface area is 593 Å². The molecular weight excluding hydrogens is 1260 g/mol. The molecule has 0 aliphatic rings. The summed E-state index contributed by atoms with van der Waals surface area (Å²) in [5.74, 6) is 0. The topological polar surface area (TPSA) is 4.93 Å². The van der Waals surface area contributed by atoms with Crippen molar-refractivity contribution in [1.29, 1.82) is 0 Å². The smallest absolute Gasteiger partial charge is 0.0541 e. The molecule has 0 radical (unpaired) electrons. The van der Waals surface area contributed by atoms with E-state index in [0.29, 0.717) is 0 Å². The van der Waals surface area contributed by atoms with E-state index >= 15 is 0 Å². The summed E-state index contributed by atoms with van der Waals surface area (Å²) >= 11 is 3.82. The molecule has 0 bridgehead atoms. The molecule has 3 heteroatoms. The van der Waals surface area contributed by atoms with Crippen LogP contribution in [0.25, 0.3) is 201 Å². The zero-order valence-corrected chi connectivity index (χ0v) is 56.5. The highest BCUT2D eigenvalue weighted by molar-refractivity contribution is 7.27. The van der Waals surface area contributed by atoms with Gasteiger partial charge in [0.1, 0.15) is 0 Å². The highest BCUT2D eigenvalue weighted by Gasteiger charge is 2.25. The minimum absolute atomic E-state index is 1.10. The van der Waals surface area contributed by atoms with E-state index < -0.39 is 0 Å². The lowest BCUT2D eigenvalue weighted by Gasteiger charge is -2.19. The molecule has 0 atom stereocenters. The Morgan fingerprint density at radius 3 is 0.911 bits per heavy atom. The van der Waals surface area contributed by atoms with Gasteiger partial charge in [0.2, 0.25) is 0 Å². The van der Waals surface area contributed by atoms with Gasteiger partial charge in [-0.05, 0) is 214 Å². The quantitative estimate of drug-likeness (QED) is 0.114. The van der Waals surface area contributed by atoms with Crippen LogP contribution in [0.2, 0.25) is 0 Å². The molecule has 0 aliphatic heterocycles. The fourth-order valence-electron chi connectivity index (χ4n) is 15.9. The van der Waals surface area contributed by atoms with E-state index in [-0.39, 0.29) is 0 Å². The molecule has 0 saturated heterocycles. The van der Waals surface area contributed by atoms with Gasteiger partial charge in [-0.3, -0.25) is 0 Å². The van der Waals surface area contributed by atoms with Crippen LogP contribution in [0.5, 0.6) is 0 Å². The molecular formula is C98H59NS2. The lowest BCUT2D eigenvalue weighted by molar-refractivity contribution is 1.19. The van der Waals surface area contributed by atoms with Crippen LogP contribution in [-0.2, 0) is 0 Å². The number of hydrogen-bond donors (Lipinski definition) is 0. The van der Waals surface area contributed by atoms with Crippen LogP contribution in [0.15, 0.2) is 358 Å². The Morgan fingerprint density at radius 1 is 0.198 bits per heavy atom. The maximum atomic E-state index is 3.31. The van der Waals surface area contributed by atoms with Gasteiger partial charge in [0.15, 0.2) is 0 Å². The maximum Gasteiger partial charge on any atom is 0.0541 e. The summed E-state index contributed by atoms with van der Waals surface area (Å²) in [7, 11) is 0. The first-order valence-electron chi connectivity index (χ1n) is 34.5. The van der Waals surface area contributed by atoms with Crippen LogP contribution in [0.1, 0.15) is 0 Å². The molecule has 1 nitrogen and oxygen atoms in total. The van der Waals surface area contributed by atoms with Crippen molar-refractivity contribution in [3.05, 3.63) is 370 Å². The number of aromatic nitrogens is 1. The fourth-order valence-corrected chi connectivity index (χ4v) is 18.6. The lowest BCUT2D eigenvalue weighted by Crippen LogP contribution is -1.96. The van der Waals surface area contributed by atoms with Crippen molar-refractivity contribution in [3.8, 4) is 117 Å². The van der Waals surface area contributed by atoms with Crippen LogP contribution in [0.4, 0.5) is 0 Å². The molecule has 0 fully saturated rings. The second kappa shape index (κ2) is 24.1. The third-order valence-corrected chi connectivity index (χ3v) is 23.2. The Morgan fingerprint density at radius 2 is 0.525 bits per heavy atom. The maximum absolute atomic E-state index is 3.31. The number of rotatable bonds is 11. The molecule has 3 aromatic heterocycles. The summed E-state index contributed by atoms with van der Waals surface area (Å²) in [5.41, 5.74) is 27.2. The molecule has 0 saturated carbocycles. The number of nitrogens with zero attached hydrogens (tertiary/aromatic N) is 1. The van der Waals surface area contributed by atoms with Crippen molar-refractivity contribution in [2.75, 3.05) is 0 Å². The van der Waals surface area contributed by atoms with Gasteiger partial charge >= 0.3 is 0 Å². The Balaban J connectivity index is 0.881. The summed E-state index contributed by atoms with van der Waals surface area (Å²) in [6.45, 7) is 0. The predicted molar refractivity (Wildman–Crippen MR) is 434 cm³/mol. The first-order valence-corrected chi connectivity index (χ1v) is 36.1. The van der Waals surface area contributed by atoms with Gasteiger partial charge in [-0.25, -0.2) is 0 Å². The number of thiophene rings is 2. The SMILES string of the molecule is c1ccc(-c2cc(-c3ccc4c(c3)c3cc(-c5cc(-c6ccccc6)cc6c5sc5c(-c7ccccc7)cc(-c7ccccc7)cc56)ccc3n4-c3ccc4c(-c5ccccc5)c5ccccc5c(-c5ccccc5)c4c3)c3sc4c(-c5ccccc5)cc(-c5ccccc5)cc4c3c2)cc#1. The molecule has 17 aromatic carbocycles. The highest BCUT2D eigenvalue weighted by atomic mass is 32.1. The Hall–Kier alpha value is -12.7. The van der Waals surface area contributed by atoms with E-state index in [1.807, 2.05) is 28.7 Å². The molecule has 0 N–H and O–H groups in total. The lowest BCUT2D eigenvalue weighted by atomic mass is 9.86. The van der Waals surface area contributed by atoms with Gasteiger partial charge in [-0.2, -0.15) is 0 Å². The average molecular weight is 1310 g/mol. The first-order chi connectivity index (χ1) is 50.1. The van der Waals surface area contributed by atoms with E-state index in [2.05, 4.69) is 369 Å². The van der Waals surface area contributed by atoms with E-state index in [9.17, 15) is 0 Å². The summed E-state index contributed by atoms with van der Waals surface area (Å²) < 4.78 is 7.60. The van der Waals surface area contributed by atoms with Crippen LogP contribution in [-0.4, -0.2) is 4.57 Å². The molecule has 0 spiro atoms. The van der Waals surface area contributed by atoms with Gasteiger partial charge < -0.3 is 4.57 Å². The highest BCUT2D eigenvalue weighted by Crippen LogP contribution is 2.52. The number of hydrogen-bond acceptors (Lipinski definition) is 2. The zero-order valence-electron chi connectivity index (χ0n) is 54.8. The van der Waals surface area contributed by atoms with Crippen LogP contribution in [0, 0.1) is 12.1 Å². The third-order valence-electron chi connectivity index (χ3n) is 20.6. The van der Waals surface area contributed by atoms with Crippen molar-refractivity contribution < 1.29 is 0 Å². The molecule has 101 heavy (non-hydrogen) atoms. The molecule has 0 unspecified atom stereocenters. The molecule has 3 heterocycles. The summed E-state index contributed by atoms with van der Waals surface area (Å²) in [6, 6.07) is 139. The summed E-state index contributed by atoms with van der Waals surface area (Å²) in [6.07, 6.45) is 0. The molecule has 20 aromatic rings. The van der Waals surface area contributed by atoms with Gasteiger partial charge in [-0.15, -0.1) is 22.7 Å². The van der Waals surface area contributed by atoms with Gasteiger partial charge in [0, 0.05) is 79.1 Å².